The lowest BCUT2D eigenvalue weighted by Gasteiger charge is -2.16. The van der Waals surface area contributed by atoms with Gasteiger partial charge in [-0.15, -0.1) is 0 Å². The average Bonchev–Trinajstić information content (AvgIpc) is 2.62. The maximum Gasteiger partial charge on any atom is 0.346 e. The predicted octanol–water partition coefficient (Wildman–Crippen LogP) is 3.03. The number of hydrogen-bond acceptors (Lipinski definition) is 5. The van der Waals surface area contributed by atoms with Crippen molar-refractivity contribution in [3.8, 4) is 11.5 Å². The molecule has 0 saturated carbocycles. The Hall–Kier alpha value is -3.09. The Bertz CT molecular complexity index is 738. The Morgan fingerprint density at radius 2 is 1.56 bits per heavy atom. The fourth-order valence-corrected chi connectivity index (χ4v) is 2.10. The molecule has 7 heteroatoms. The molecule has 0 heterocycles. The number of carbonyl (C=O) groups excluding carboxylic acids is 2. The third-order valence-corrected chi connectivity index (χ3v) is 3.40. The molecule has 132 valence electrons. The fraction of sp³-hybridized carbons (Fsp3) is 0.222. The molecular formula is C18H18FNO5. The summed E-state index contributed by atoms with van der Waals surface area (Å²) in [4.78, 5) is 24.5. The Morgan fingerprint density at radius 1 is 1.00 bits per heavy atom. The van der Waals surface area contributed by atoms with Crippen LogP contribution in [0.2, 0.25) is 0 Å². The van der Waals surface area contributed by atoms with Crippen molar-refractivity contribution in [2.75, 3.05) is 19.5 Å². The Balaban J connectivity index is 2.09. The fourth-order valence-electron chi connectivity index (χ4n) is 2.10. The van der Waals surface area contributed by atoms with Gasteiger partial charge >= 0.3 is 5.97 Å². The maximum atomic E-state index is 12.9. The van der Waals surface area contributed by atoms with Crippen LogP contribution >= 0.6 is 0 Å². The highest BCUT2D eigenvalue weighted by atomic mass is 19.1. The quantitative estimate of drug-likeness (QED) is 0.813. The largest absolute Gasteiger partial charge is 0.496 e. The van der Waals surface area contributed by atoms with Crippen LogP contribution in [0.4, 0.5) is 10.1 Å². The van der Waals surface area contributed by atoms with Crippen molar-refractivity contribution >= 4 is 17.6 Å². The Labute approximate surface area is 144 Å². The molecule has 0 spiro atoms. The lowest BCUT2D eigenvalue weighted by Crippen LogP contribution is -2.30. The molecule has 6 nitrogen and oxygen atoms in total. The van der Waals surface area contributed by atoms with Gasteiger partial charge in [0.1, 0.15) is 22.9 Å². The summed E-state index contributed by atoms with van der Waals surface area (Å²) in [5, 5.41) is 2.54. The molecule has 0 aliphatic rings. The molecule has 0 aliphatic carbocycles. The highest BCUT2D eigenvalue weighted by Crippen LogP contribution is 2.29. The van der Waals surface area contributed by atoms with Crippen molar-refractivity contribution in [2.24, 2.45) is 0 Å². The second-order valence-electron chi connectivity index (χ2n) is 5.08. The zero-order chi connectivity index (χ0) is 18.4. The standard InChI is InChI=1S/C18H18FNO5/c1-11(17(21)20-13-9-7-12(19)8-10-13)25-18(22)16-14(23-2)5-4-6-15(16)24-3/h4-11H,1-3H3,(H,20,21). The molecule has 0 aromatic heterocycles. The number of carbonyl (C=O) groups is 2. The average molecular weight is 347 g/mol. The summed E-state index contributed by atoms with van der Waals surface area (Å²) in [5.74, 6) is -1.17. The van der Waals surface area contributed by atoms with Crippen LogP contribution in [0.3, 0.4) is 0 Å². The molecular weight excluding hydrogens is 329 g/mol. The van der Waals surface area contributed by atoms with E-state index in [1.54, 1.807) is 18.2 Å². The zero-order valence-electron chi connectivity index (χ0n) is 14.0. The van der Waals surface area contributed by atoms with E-state index in [2.05, 4.69) is 5.32 Å². The molecule has 0 radical (unpaired) electrons. The van der Waals surface area contributed by atoms with Gasteiger partial charge in [-0.05, 0) is 43.3 Å². The van der Waals surface area contributed by atoms with E-state index >= 15 is 0 Å². The predicted molar refractivity (Wildman–Crippen MR) is 89.5 cm³/mol. The van der Waals surface area contributed by atoms with Crippen molar-refractivity contribution in [3.05, 3.63) is 53.8 Å². The van der Waals surface area contributed by atoms with Crippen molar-refractivity contribution in [3.63, 3.8) is 0 Å². The van der Waals surface area contributed by atoms with Gasteiger partial charge in [0.2, 0.25) is 0 Å². The van der Waals surface area contributed by atoms with Crippen molar-refractivity contribution < 1.29 is 28.2 Å². The summed E-state index contributed by atoms with van der Waals surface area (Å²) < 4.78 is 28.4. The van der Waals surface area contributed by atoms with Crippen LogP contribution in [0.5, 0.6) is 11.5 Å². The van der Waals surface area contributed by atoms with E-state index in [1.165, 1.54) is 45.4 Å². The topological polar surface area (TPSA) is 73.9 Å². The first-order chi connectivity index (χ1) is 12.0. The first-order valence-electron chi connectivity index (χ1n) is 7.44. The van der Waals surface area contributed by atoms with E-state index in [1.807, 2.05) is 0 Å². The number of rotatable bonds is 6. The Morgan fingerprint density at radius 3 is 2.08 bits per heavy atom. The lowest BCUT2D eigenvalue weighted by molar-refractivity contribution is -0.123. The number of halogens is 1. The monoisotopic (exact) mass is 347 g/mol. The summed E-state index contributed by atoms with van der Waals surface area (Å²) in [5.41, 5.74) is 0.484. The summed E-state index contributed by atoms with van der Waals surface area (Å²) in [7, 11) is 2.83. The third kappa shape index (κ3) is 4.47. The maximum absolute atomic E-state index is 12.9. The van der Waals surface area contributed by atoms with E-state index in [-0.39, 0.29) is 17.1 Å². The van der Waals surface area contributed by atoms with E-state index in [4.69, 9.17) is 14.2 Å². The number of benzene rings is 2. The van der Waals surface area contributed by atoms with Crippen molar-refractivity contribution in [1.82, 2.24) is 0 Å². The van der Waals surface area contributed by atoms with Crippen LogP contribution in [0.25, 0.3) is 0 Å². The van der Waals surface area contributed by atoms with Gasteiger partial charge in [0.25, 0.3) is 5.91 Å². The van der Waals surface area contributed by atoms with Crippen LogP contribution < -0.4 is 14.8 Å². The Kier molecular flexibility index (Phi) is 5.94. The molecule has 1 N–H and O–H groups in total. The lowest BCUT2D eigenvalue weighted by atomic mass is 10.1. The molecule has 2 rings (SSSR count). The van der Waals surface area contributed by atoms with Gasteiger partial charge in [0.15, 0.2) is 6.10 Å². The number of nitrogens with one attached hydrogen (secondary N) is 1. The van der Waals surface area contributed by atoms with E-state index in [0.29, 0.717) is 5.69 Å². The number of ether oxygens (including phenoxy) is 3. The third-order valence-electron chi connectivity index (χ3n) is 3.40. The van der Waals surface area contributed by atoms with Gasteiger partial charge in [-0.3, -0.25) is 4.79 Å². The van der Waals surface area contributed by atoms with Gasteiger partial charge in [-0.2, -0.15) is 0 Å². The molecule has 2 aromatic rings. The smallest absolute Gasteiger partial charge is 0.346 e. The minimum absolute atomic E-state index is 0.0916. The molecule has 1 unspecified atom stereocenters. The minimum Gasteiger partial charge on any atom is -0.496 e. The normalized spacial score (nSPS) is 11.4. The highest BCUT2D eigenvalue weighted by Gasteiger charge is 2.24. The number of anilines is 1. The molecule has 1 atom stereocenters. The van der Waals surface area contributed by atoms with Crippen LogP contribution in [0, 0.1) is 5.82 Å². The zero-order valence-corrected chi connectivity index (χ0v) is 14.0. The summed E-state index contributed by atoms with van der Waals surface area (Å²) in [6.45, 7) is 1.43. The molecule has 2 aromatic carbocycles. The van der Waals surface area contributed by atoms with Gasteiger partial charge < -0.3 is 19.5 Å². The van der Waals surface area contributed by atoms with Gasteiger partial charge in [0, 0.05) is 5.69 Å². The molecule has 0 saturated heterocycles. The molecule has 1 amide bonds. The van der Waals surface area contributed by atoms with Gasteiger partial charge in [0.05, 0.1) is 14.2 Å². The second-order valence-corrected chi connectivity index (χ2v) is 5.08. The van der Waals surface area contributed by atoms with Crippen LogP contribution in [-0.4, -0.2) is 32.2 Å². The first-order valence-corrected chi connectivity index (χ1v) is 7.44. The van der Waals surface area contributed by atoms with Crippen LogP contribution in [0.1, 0.15) is 17.3 Å². The SMILES string of the molecule is COc1cccc(OC)c1C(=O)OC(C)C(=O)Nc1ccc(F)cc1. The van der Waals surface area contributed by atoms with E-state index in [0.717, 1.165) is 0 Å². The summed E-state index contributed by atoms with van der Waals surface area (Å²) >= 11 is 0. The number of amides is 1. The van der Waals surface area contributed by atoms with Crippen molar-refractivity contribution in [2.45, 2.75) is 13.0 Å². The molecule has 25 heavy (non-hydrogen) atoms. The minimum atomic E-state index is -1.08. The van der Waals surface area contributed by atoms with E-state index in [9.17, 15) is 14.0 Å². The number of methoxy groups -OCH3 is 2. The molecule has 0 aliphatic heterocycles. The number of esters is 1. The summed E-state index contributed by atoms with van der Waals surface area (Å²) in [6, 6.07) is 10.1. The molecule has 0 fully saturated rings. The molecule has 0 bridgehead atoms. The van der Waals surface area contributed by atoms with Gasteiger partial charge in [-0.25, -0.2) is 9.18 Å². The first kappa shape index (κ1) is 18.3. The highest BCUT2D eigenvalue weighted by molar-refractivity contribution is 5.99. The summed E-state index contributed by atoms with van der Waals surface area (Å²) in [6.07, 6.45) is -1.08. The number of hydrogen-bond donors (Lipinski definition) is 1. The van der Waals surface area contributed by atoms with Gasteiger partial charge in [-0.1, -0.05) is 6.07 Å². The van der Waals surface area contributed by atoms with Crippen LogP contribution in [0.15, 0.2) is 42.5 Å². The van der Waals surface area contributed by atoms with E-state index < -0.39 is 23.8 Å². The second kappa shape index (κ2) is 8.14. The van der Waals surface area contributed by atoms with Crippen LogP contribution in [-0.2, 0) is 9.53 Å². The van der Waals surface area contributed by atoms with Crippen molar-refractivity contribution in [1.29, 1.82) is 0 Å².